The molecule has 126 valence electrons. The predicted octanol–water partition coefficient (Wildman–Crippen LogP) is 4.29. The third kappa shape index (κ3) is 3.53. The summed E-state index contributed by atoms with van der Waals surface area (Å²) in [7, 11) is 1.29. The third-order valence-electron chi connectivity index (χ3n) is 4.11. The zero-order valence-corrected chi connectivity index (χ0v) is 14.2. The molecule has 1 aromatic heterocycles. The molecule has 1 aliphatic carbocycles. The van der Waals surface area contributed by atoms with Gasteiger partial charge in [0.25, 0.3) is 0 Å². The molecule has 24 heavy (non-hydrogen) atoms. The Morgan fingerprint density at radius 3 is 2.58 bits per heavy atom. The highest BCUT2D eigenvalue weighted by molar-refractivity contribution is 8.00. The van der Waals surface area contributed by atoms with Crippen LogP contribution in [0.5, 0.6) is 0 Å². The van der Waals surface area contributed by atoms with Crippen molar-refractivity contribution in [3.05, 3.63) is 41.8 Å². The largest absolute Gasteiger partial charge is 0.464 e. The number of carbonyl (C=O) groups is 1. The molecule has 0 aliphatic heterocycles. The number of hydrogen-bond acceptors (Lipinski definition) is 5. The van der Waals surface area contributed by atoms with Gasteiger partial charge in [-0.2, -0.15) is 0 Å². The van der Waals surface area contributed by atoms with Crippen LogP contribution in [0, 0.1) is 5.82 Å². The number of anilines is 1. The lowest BCUT2D eigenvalue weighted by molar-refractivity contribution is 0.0595. The third-order valence-corrected chi connectivity index (χ3v) is 5.48. The van der Waals surface area contributed by atoms with Gasteiger partial charge in [0.15, 0.2) is 5.69 Å². The molecule has 1 aliphatic rings. The second kappa shape index (κ2) is 7.21. The summed E-state index contributed by atoms with van der Waals surface area (Å²) in [5, 5.41) is 0.523. The second-order valence-electron chi connectivity index (χ2n) is 5.80. The Morgan fingerprint density at radius 2 is 1.96 bits per heavy atom. The Morgan fingerprint density at radius 1 is 1.29 bits per heavy atom. The molecule has 1 saturated carbocycles. The Hall–Kier alpha value is -2.08. The van der Waals surface area contributed by atoms with E-state index in [1.54, 1.807) is 30.0 Å². The van der Waals surface area contributed by atoms with E-state index in [2.05, 4.69) is 4.98 Å². The van der Waals surface area contributed by atoms with Crippen LogP contribution in [0.1, 0.15) is 36.2 Å². The maximum absolute atomic E-state index is 13.2. The van der Waals surface area contributed by atoms with Crippen LogP contribution in [-0.2, 0) is 4.74 Å². The van der Waals surface area contributed by atoms with Crippen molar-refractivity contribution in [2.45, 2.75) is 35.8 Å². The zero-order valence-electron chi connectivity index (χ0n) is 13.4. The lowest BCUT2D eigenvalue weighted by Crippen LogP contribution is -2.10. The number of esters is 1. The fraction of sp³-hybridized carbons (Fsp3) is 0.333. The average molecular weight is 346 g/mol. The van der Waals surface area contributed by atoms with Crippen molar-refractivity contribution in [1.82, 2.24) is 4.98 Å². The number of carbonyl (C=O) groups excluding carboxylic acids is 1. The number of nitrogen functional groups attached to an aromatic ring is 1. The molecule has 4 nitrogen and oxygen atoms in total. The molecule has 0 unspecified atom stereocenters. The minimum absolute atomic E-state index is 0.0904. The molecule has 0 saturated heterocycles. The maximum atomic E-state index is 13.2. The van der Waals surface area contributed by atoms with Gasteiger partial charge in [-0.3, -0.25) is 0 Å². The first-order valence-corrected chi connectivity index (χ1v) is 8.78. The molecule has 1 fully saturated rings. The summed E-state index contributed by atoms with van der Waals surface area (Å²) in [5.41, 5.74) is 7.79. The van der Waals surface area contributed by atoms with Gasteiger partial charge in [-0.15, -0.1) is 11.8 Å². The van der Waals surface area contributed by atoms with Crippen molar-refractivity contribution in [2.75, 3.05) is 12.8 Å². The fourth-order valence-electron chi connectivity index (χ4n) is 2.86. The van der Waals surface area contributed by atoms with E-state index >= 15 is 0 Å². The molecule has 0 radical (unpaired) electrons. The van der Waals surface area contributed by atoms with E-state index in [9.17, 15) is 9.18 Å². The summed E-state index contributed by atoms with van der Waals surface area (Å²) in [6, 6.07) is 7.87. The number of aromatic nitrogens is 1. The van der Waals surface area contributed by atoms with Gasteiger partial charge in [-0.05, 0) is 43.2 Å². The zero-order chi connectivity index (χ0) is 17.1. The van der Waals surface area contributed by atoms with Gasteiger partial charge in [0.2, 0.25) is 0 Å². The summed E-state index contributed by atoms with van der Waals surface area (Å²) >= 11 is 1.73. The van der Waals surface area contributed by atoms with Crippen LogP contribution in [-0.4, -0.2) is 23.3 Å². The van der Waals surface area contributed by atoms with Crippen molar-refractivity contribution in [2.24, 2.45) is 0 Å². The summed E-state index contributed by atoms with van der Waals surface area (Å²) in [4.78, 5) is 17.3. The van der Waals surface area contributed by atoms with Gasteiger partial charge >= 0.3 is 5.97 Å². The molecule has 2 N–H and O–H groups in total. The number of halogens is 1. The van der Waals surface area contributed by atoms with E-state index in [1.165, 1.54) is 32.1 Å². The topological polar surface area (TPSA) is 65.2 Å². The molecule has 0 bridgehead atoms. The van der Waals surface area contributed by atoms with Crippen LogP contribution in [0.25, 0.3) is 11.3 Å². The molecule has 0 atom stereocenters. The molecule has 0 amide bonds. The lowest BCUT2D eigenvalue weighted by Gasteiger charge is -2.15. The van der Waals surface area contributed by atoms with Crippen molar-refractivity contribution >= 4 is 23.4 Å². The molecule has 1 heterocycles. The average Bonchev–Trinajstić information content (AvgIpc) is 3.08. The van der Waals surface area contributed by atoms with E-state index < -0.39 is 5.97 Å². The first kappa shape index (κ1) is 16.8. The van der Waals surface area contributed by atoms with Crippen LogP contribution in [0.3, 0.4) is 0 Å². The monoisotopic (exact) mass is 346 g/mol. The Labute approximate surface area is 144 Å². The number of nitrogens with two attached hydrogens (primary N) is 1. The Balaban J connectivity index is 2.06. The standard InChI is InChI=1S/C18H19FN2O2S/c1-23-18(22)17-14(20)10-15(24-13-4-2-3-5-13)16(21-17)11-6-8-12(19)9-7-11/h6-10,13H,2-5,20H2,1H3. The molecule has 0 spiro atoms. The van der Waals surface area contributed by atoms with Crippen LogP contribution >= 0.6 is 11.8 Å². The molecular weight excluding hydrogens is 327 g/mol. The molecular formula is C18H19FN2O2S. The maximum Gasteiger partial charge on any atom is 0.358 e. The highest BCUT2D eigenvalue weighted by Crippen LogP contribution is 2.40. The Bertz CT molecular complexity index is 743. The highest BCUT2D eigenvalue weighted by atomic mass is 32.2. The second-order valence-corrected chi connectivity index (χ2v) is 7.14. The SMILES string of the molecule is COC(=O)c1nc(-c2ccc(F)cc2)c(SC2CCCC2)cc1N. The molecule has 1 aromatic carbocycles. The number of benzene rings is 1. The summed E-state index contributed by atoms with van der Waals surface area (Å²) in [6.07, 6.45) is 4.78. The Kier molecular flexibility index (Phi) is 5.04. The van der Waals surface area contributed by atoms with Gasteiger partial charge in [0.1, 0.15) is 5.82 Å². The van der Waals surface area contributed by atoms with Crippen LogP contribution in [0.15, 0.2) is 35.2 Å². The smallest absolute Gasteiger partial charge is 0.358 e. The summed E-state index contributed by atoms with van der Waals surface area (Å²) in [5.74, 6) is -0.888. The number of thioether (sulfide) groups is 1. The van der Waals surface area contributed by atoms with Gasteiger partial charge in [0.05, 0.1) is 18.5 Å². The van der Waals surface area contributed by atoms with Gasteiger partial charge < -0.3 is 10.5 Å². The van der Waals surface area contributed by atoms with E-state index in [0.29, 0.717) is 16.6 Å². The minimum Gasteiger partial charge on any atom is -0.464 e. The number of rotatable bonds is 4. The minimum atomic E-state index is -0.576. The first-order valence-electron chi connectivity index (χ1n) is 7.90. The van der Waals surface area contributed by atoms with E-state index in [-0.39, 0.29) is 11.5 Å². The lowest BCUT2D eigenvalue weighted by atomic mass is 10.1. The van der Waals surface area contributed by atoms with Crippen LogP contribution in [0.2, 0.25) is 0 Å². The number of pyridine rings is 1. The van der Waals surface area contributed by atoms with Gasteiger partial charge in [-0.25, -0.2) is 14.2 Å². The predicted molar refractivity (Wildman–Crippen MR) is 93.5 cm³/mol. The van der Waals surface area contributed by atoms with Crippen molar-refractivity contribution in [3.63, 3.8) is 0 Å². The van der Waals surface area contributed by atoms with Gasteiger partial charge in [-0.1, -0.05) is 12.8 Å². The van der Waals surface area contributed by atoms with E-state index in [0.717, 1.165) is 23.3 Å². The fourth-order valence-corrected chi connectivity index (χ4v) is 4.26. The highest BCUT2D eigenvalue weighted by Gasteiger charge is 2.22. The van der Waals surface area contributed by atoms with Crippen molar-refractivity contribution in [1.29, 1.82) is 0 Å². The molecule has 6 heteroatoms. The van der Waals surface area contributed by atoms with Crippen molar-refractivity contribution < 1.29 is 13.9 Å². The number of methoxy groups -OCH3 is 1. The van der Waals surface area contributed by atoms with Crippen LogP contribution < -0.4 is 5.73 Å². The number of ether oxygens (including phenoxy) is 1. The van der Waals surface area contributed by atoms with E-state index in [1.807, 2.05) is 0 Å². The normalized spacial score (nSPS) is 14.8. The number of nitrogens with zero attached hydrogens (tertiary/aromatic N) is 1. The van der Waals surface area contributed by atoms with Gasteiger partial charge in [0, 0.05) is 15.7 Å². The summed E-state index contributed by atoms with van der Waals surface area (Å²) in [6.45, 7) is 0. The molecule has 2 aromatic rings. The quantitative estimate of drug-likeness (QED) is 0.837. The summed E-state index contributed by atoms with van der Waals surface area (Å²) < 4.78 is 18.0. The van der Waals surface area contributed by atoms with Crippen molar-refractivity contribution in [3.8, 4) is 11.3 Å². The molecule has 3 rings (SSSR count). The first-order chi connectivity index (χ1) is 11.6. The van der Waals surface area contributed by atoms with Crippen LogP contribution in [0.4, 0.5) is 10.1 Å². The number of hydrogen-bond donors (Lipinski definition) is 1. The van der Waals surface area contributed by atoms with E-state index in [4.69, 9.17) is 10.5 Å².